The highest BCUT2D eigenvalue weighted by Crippen LogP contribution is 2.59. The summed E-state index contributed by atoms with van der Waals surface area (Å²) in [5.74, 6) is -1.03. The van der Waals surface area contributed by atoms with Crippen molar-refractivity contribution in [3.63, 3.8) is 0 Å². The van der Waals surface area contributed by atoms with E-state index in [1.807, 2.05) is 6.92 Å². The van der Waals surface area contributed by atoms with Gasteiger partial charge in [0.2, 0.25) is 0 Å². The Balaban J connectivity index is 2.24. The molecule has 3 rings (SSSR count). The smallest absolute Gasteiger partial charge is 0.161 e. The SMILES string of the molecule is C=C[C@@]1(C)CC(=O)C2=C(C1)C(=O)C[C@H]1C(C)(C)C(=O)CC(=O)[C@]21C. The second-order valence-electron chi connectivity index (χ2n) is 8.62. The van der Waals surface area contributed by atoms with Crippen molar-refractivity contribution < 1.29 is 19.2 Å². The molecule has 0 radical (unpaired) electrons. The van der Waals surface area contributed by atoms with E-state index in [1.54, 1.807) is 26.8 Å². The molecule has 0 aromatic carbocycles. The molecule has 0 spiro atoms. The Labute approximate surface area is 142 Å². The molecule has 4 heteroatoms. The van der Waals surface area contributed by atoms with Crippen molar-refractivity contribution >= 4 is 23.1 Å². The summed E-state index contributed by atoms with van der Waals surface area (Å²) in [6, 6.07) is 0. The number of fused-ring (bicyclic) bond motifs is 2. The number of carbonyl (C=O) groups is 4. The van der Waals surface area contributed by atoms with Crippen LogP contribution in [0.5, 0.6) is 0 Å². The summed E-state index contributed by atoms with van der Waals surface area (Å²) in [5, 5.41) is 0. The lowest BCUT2D eigenvalue weighted by Crippen LogP contribution is -2.58. The lowest BCUT2D eigenvalue weighted by atomic mass is 9.47. The summed E-state index contributed by atoms with van der Waals surface area (Å²) in [7, 11) is 0. The van der Waals surface area contributed by atoms with Gasteiger partial charge < -0.3 is 0 Å². The van der Waals surface area contributed by atoms with Gasteiger partial charge in [-0.15, -0.1) is 6.58 Å². The van der Waals surface area contributed by atoms with Crippen LogP contribution in [0.1, 0.15) is 53.4 Å². The zero-order valence-electron chi connectivity index (χ0n) is 14.8. The molecule has 0 aliphatic heterocycles. The Hall–Kier alpha value is -1.84. The maximum Gasteiger partial charge on any atom is 0.161 e. The van der Waals surface area contributed by atoms with Gasteiger partial charge in [-0.2, -0.15) is 0 Å². The molecule has 0 amide bonds. The van der Waals surface area contributed by atoms with Gasteiger partial charge in [-0.3, -0.25) is 19.2 Å². The van der Waals surface area contributed by atoms with Crippen LogP contribution in [0.25, 0.3) is 0 Å². The van der Waals surface area contributed by atoms with E-state index in [0.717, 1.165) is 0 Å². The number of ketones is 4. The predicted molar refractivity (Wildman–Crippen MR) is 89.2 cm³/mol. The molecule has 1 fully saturated rings. The van der Waals surface area contributed by atoms with E-state index in [1.165, 1.54) is 0 Å². The van der Waals surface area contributed by atoms with Crippen molar-refractivity contribution in [3.05, 3.63) is 23.8 Å². The van der Waals surface area contributed by atoms with E-state index >= 15 is 0 Å². The van der Waals surface area contributed by atoms with Crippen LogP contribution in [0, 0.1) is 22.2 Å². The molecule has 4 nitrogen and oxygen atoms in total. The number of allylic oxidation sites excluding steroid dienone is 3. The highest BCUT2D eigenvalue weighted by molar-refractivity contribution is 6.18. The molecule has 0 unspecified atom stereocenters. The maximum absolute atomic E-state index is 13.0. The first-order valence-electron chi connectivity index (χ1n) is 8.47. The first-order chi connectivity index (χ1) is 11.0. The quantitative estimate of drug-likeness (QED) is 0.548. The van der Waals surface area contributed by atoms with Gasteiger partial charge in [0.05, 0.1) is 11.8 Å². The Bertz CT molecular complexity index is 739. The standard InChI is InChI=1S/C20H24O4/c1-6-19(4)9-11-12(21)7-14-18(2,3)15(23)8-16(24)20(14,5)17(11)13(22)10-19/h6,14H,1,7-10H2,2-5H3/t14-,19+,20+/m0/s1. The van der Waals surface area contributed by atoms with Gasteiger partial charge in [-0.25, -0.2) is 0 Å². The second-order valence-corrected chi connectivity index (χ2v) is 8.62. The Kier molecular flexibility index (Phi) is 3.43. The minimum atomic E-state index is -1.03. The molecule has 128 valence electrons. The van der Waals surface area contributed by atoms with Gasteiger partial charge in [-0.05, 0) is 24.7 Å². The Morgan fingerprint density at radius 1 is 0.958 bits per heavy atom. The number of carbonyl (C=O) groups excluding carboxylic acids is 4. The van der Waals surface area contributed by atoms with E-state index < -0.39 is 22.2 Å². The fraction of sp³-hybridized carbons (Fsp3) is 0.600. The van der Waals surface area contributed by atoms with Crippen LogP contribution in [-0.4, -0.2) is 23.1 Å². The summed E-state index contributed by atoms with van der Waals surface area (Å²) in [6.45, 7) is 11.1. The van der Waals surface area contributed by atoms with Gasteiger partial charge in [0.25, 0.3) is 0 Å². The zero-order chi connectivity index (χ0) is 18.1. The molecule has 0 aromatic heterocycles. The van der Waals surface area contributed by atoms with Gasteiger partial charge in [0.15, 0.2) is 17.3 Å². The molecule has 1 saturated carbocycles. The fourth-order valence-corrected chi connectivity index (χ4v) is 4.91. The summed E-state index contributed by atoms with van der Waals surface area (Å²) in [4.78, 5) is 51.0. The highest BCUT2D eigenvalue weighted by atomic mass is 16.2. The predicted octanol–water partition coefficient (Wildman–Crippen LogP) is 3.00. The van der Waals surface area contributed by atoms with E-state index in [0.29, 0.717) is 17.6 Å². The van der Waals surface area contributed by atoms with E-state index in [-0.39, 0.29) is 42.4 Å². The highest BCUT2D eigenvalue weighted by Gasteiger charge is 2.62. The van der Waals surface area contributed by atoms with Crippen LogP contribution < -0.4 is 0 Å². The first-order valence-corrected chi connectivity index (χ1v) is 8.47. The van der Waals surface area contributed by atoms with Crippen LogP contribution in [0.4, 0.5) is 0 Å². The van der Waals surface area contributed by atoms with Crippen LogP contribution in [0.15, 0.2) is 23.8 Å². The minimum Gasteiger partial charge on any atom is -0.299 e. The van der Waals surface area contributed by atoms with Crippen molar-refractivity contribution in [1.29, 1.82) is 0 Å². The molecule has 0 N–H and O–H groups in total. The first kappa shape index (κ1) is 17.0. The minimum absolute atomic E-state index is 0.0934. The normalized spacial score (nSPS) is 38.8. The number of hydrogen-bond donors (Lipinski definition) is 0. The second kappa shape index (κ2) is 4.84. The summed E-state index contributed by atoms with van der Waals surface area (Å²) < 4.78 is 0. The summed E-state index contributed by atoms with van der Waals surface area (Å²) in [6.07, 6.45) is 2.43. The van der Waals surface area contributed by atoms with Crippen LogP contribution in [-0.2, 0) is 19.2 Å². The van der Waals surface area contributed by atoms with Crippen molar-refractivity contribution in [2.24, 2.45) is 22.2 Å². The number of hydrogen-bond acceptors (Lipinski definition) is 4. The Morgan fingerprint density at radius 3 is 2.17 bits per heavy atom. The molecule has 3 aliphatic rings. The third kappa shape index (κ3) is 1.98. The number of Topliss-reactive ketones (excluding diaryl/α,β-unsaturated/α-hetero) is 4. The average molecular weight is 328 g/mol. The van der Waals surface area contributed by atoms with Crippen LogP contribution in [0.2, 0.25) is 0 Å². The van der Waals surface area contributed by atoms with Gasteiger partial charge >= 0.3 is 0 Å². The fourth-order valence-electron chi connectivity index (χ4n) is 4.91. The number of rotatable bonds is 1. The van der Waals surface area contributed by atoms with E-state index in [9.17, 15) is 19.2 Å². The lowest BCUT2D eigenvalue weighted by molar-refractivity contribution is -0.153. The average Bonchev–Trinajstić information content (AvgIpc) is 2.48. The van der Waals surface area contributed by atoms with Crippen molar-refractivity contribution in [1.82, 2.24) is 0 Å². The molecular weight excluding hydrogens is 304 g/mol. The van der Waals surface area contributed by atoms with Crippen molar-refractivity contribution in [2.45, 2.75) is 53.4 Å². The summed E-state index contributed by atoms with van der Waals surface area (Å²) >= 11 is 0. The molecule has 0 saturated heterocycles. The summed E-state index contributed by atoms with van der Waals surface area (Å²) in [5.41, 5.74) is -1.38. The van der Waals surface area contributed by atoms with Crippen LogP contribution in [0.3, 0.4) is 0 Å². The van der Waals surface area contributed by atoms with Gasteiger partial charge in [-0.1, -0.05) is 26.8 Å². The van der Waals surface area contributed by atoms with Crippen molar-refractivity contribution in [2.75, 3.05) is 0 Å². The lowest BCUT2D eigenvalue weighted by Gasteiger charge is -2.53. The molecule has 24 heavy (non-hydrogen) atoms. The largest absolute Gasteiger partial charge is 0.299 e. The van der Waals surface area contributed by atoms with E-state index in [2.05, 4.69) is 6.58 Å². The molecular formula is C20H24O4. The van der Waals surface area contributed by atoms with E-state index in [4.69, 9.17) is 0 Å². The van der Waals surface area contributed by atoms with Gasteiger partial charge in [0.1, 0.15) is 5.78 Å². The maximum atomic E-state index is 13.0. The molecule has 3 aliphatic carbocycles. The monoisotopic (exact) mass is 328 g/mol. The van der Waals surface area contributed by atoms with Gasteiger partial charge in [0, 0.05) is 29.4 Å². The topological polar surface area (TPSA) is 68.3 Å². The molecule has 0 heterocycles. The third-order valence-corrected chi connectivity index (χ3v) is 6.65. The third-order valence-electron chi connectivity index (χ3n) is 6.65. The Morgan fingerprint density at radius 2 is 1.58 bits per heavy atom. The zero-order valence-corrected chi connectivity index (χ0v) is 14.8. The van der Waals surface area contributed by atoms with Crippen LogP contribution >= 0.6 is 0 Å². The molecule has 0 bridgehead atoms. The molecule has 0 aromatic rings. The molecule has 3 atom stereocenters. The van der Waals surface area contributed by atoms with Crippen molar-refractivity contribution in [3.8, 4) is 0 Å².